The average Bonchev–Trinajstić information content (AvgIpc) is 3.35. The molecule has 2 heterocycles. The van der Waals surface area contributed by atoms with Crippen LogP contribution < -0.4 is 4.74 Å². The number of nitrogens with zero attached hydrogens (tertiary/aromatic N) is 3. The highest BCUT2D eigenvalue weighted by molar-refractivity contribution is 5.39. The molecule has 0 amide bonds. The first kappa shape index (κ1) is 22.9. The maximum Gasteiger partial charge on any atom is 0.120 e. The highest BCUT2D eigenvalue weighted by Crippen LogP contribution is 2.29. The Hall–Kier alpha value is -1.30. The largest absolute Gasteiger partial charge is 0.508 e. The average molecular weight is 430 g/mol. The second-order valence-corrected chi connectivity index (χ2v) is 10.1. The van der Waals surface area contributed by atoms with Crippen LogP contribution in [-0.4, -0.2) is 78.8 Å². The lowest BCUT2D eigenvalue weighted by Crippen LogP contribution is -2.46. The Bertz CT molecular complexity index is 671. The summed E-state index contributed by atoms with van der Waals surface area (Å²) in [5.74, 6) is 1.96. The van der Waals surface area contributed by atoms with Crippen molar-refractivity contribution >= 4 is 0 Å². The Morgan fingerprint density at radius 1 is 1.00 bits per heavy atom. The number of piperidine rings is 2. The summed E-state index contributed by atoms with van der Waals surface area (Å²) in [4.78, 5) is 8.03. The van der Waals surface area contributed by atoms with Crippen molar-refractivity contribution in [1.29, 1.82) is 0 Å². The van der Waals surface area contributed by atoms with Crippen LogP contribution in [0, 0.1) is 5.92 Å². The van der Waals surface area contributed by atoms with E-state index >= 15 is 0 Å². The monoisotopic (exact) mass is 429 g/mol. The number of hydrogen-bond donors (Lipinski definition) is 1. The van der Waals surface area contributed by atoms with E-state index in [9.17, 15) is 5.11 Å². The normalized spacial score (nSPS) is 24.1. The molecule has 1 aromatic carbocycles. The number of likely N-dealkylation sites (tertiary alicyclic amines) is 2. The molecule has 2 aliphatic heterocycles. The zero-order valence-electron chi connectivity index (χ0n) is 19.6. The van der Waals surface area contributed by atoms with Gasteiger partial charge in [-0.3, -0.25) is 4.90 Å². The summed E-state index contributed by atoms with van der Waals surface area (Å²) in [5.41, 5.74) is 0.987. The molecule has 0 spiro atoms. The van der Waals surface area contributed by atoms with Gasteiger partial charge in [-0.05, 0) is 82.3 Å². The van der Waals surface area contributed by atoms with Crippen molar-refractivity contribution in [2.45, 2.75) is 70.4 Å². The van der Waals surface area contributed by atoms with Gasteiger partial charge >= 0.3 is 0 Å². The molecule has 1 N–H and O–H groups in total. The lowest BCUT2D eigenvalue weighted by Gasteiger charge is -2.39. The Balaban J connectivity index is 1.39. The van der Waals surface area contributed by atoms with E-state index in [-0.39, 0.29) is 0 Å². The van der Waals surface area contributed by atoms with E-state index in [0.717, 1.165) is 49.5 Å². The quantitative estimate of drug-likeness (QED) is 0.632. The zero-order chi connectivity index (χ0) is 21.5. The Morgan fingerprint density at radius 3 is 2.58 bits per heavy atom. The molecule has 5 nitrogen and oxygen atoms in total. The fourth-order valence-electron chi connectivity index (χ4n) is 5.97. The molecule has 2 saturated heterocycles. The number of aromatic hydroxyl groups is 1. The van der Waals surface area contributed by atoms with E-state index in [4.69, 9.17) is 4.74 Å². The second-order valence-electron chi connectivity index (χ2n) is 10.1. The zero-order valence-corrected chi connectivity index (χ0v) is 19.6. The Labute approximate surface area is 189 Å². The lowest BCUT2D eigenvalue weighted by molar-refractivity contribution is 0.0909. The number of methoxy groups -OCH3 is 1. The molecule has 0 radical (unpaired) electrons. The predicted octanol–water partition coefficient (Wildman–Crippen LogP) is 4.34. The van der Waals surface area contributed by atoms with Crippen molar-refractivity contribution in [2.75, 3.05) is 52.9 Å². The van der Waals surface area contributed by atoms with E-state index in [2.05, 4.69) is 14.7 Å². The summed E-state index contributed by atoms with van der Waals surface area (Å²) in [6, 6.07) is 6.47. The first-order chi connectivity index (χ1) is 15.2. The van der Waals surface area contributed by atoms with Gasteiger partial charge in [0.05, 0.1) is 7.11 Å². The second kappa shape index (κ2) is 11.5. The topological polar surface area (TPSA) is 39.2 Å². The summed E-state index contributed by atoms with van der Waals surface area (Å²) < 4.78 is 5.42. The number of benzene rings is 1. The summed E-state index contributed by atoms with van der Waals surface area (Å²) in [7, 11) is 1.70. The van der Waals surface area contributed by atoms with E-state index in [1.807, 2.05) is 12.1 Å². The smallest absolute Gasteiger partial charge is 0.120 e. The van der Waals surface area contributed by atoms with Crippen LogP contribution in [0.4, 0.5) is 0 Å². The molecule has 5 heteroatoms. The molecule has 0 aromatic heterocycles. The standard InChI is InChI=1S/C26H43N3O2/c1-31-25-11-12-26(30)23(18-25)21-28(17-16-27-13-5-2-6-14-27)19-22-8-7-15-29(20-22)24-9-3-4-10-24/h11-12,18,22,24,30H,2-10,13-17,19-21H2,1H3/t22-/m0/s1. The highest BCUT2D eigenvalue weighted by Gasteiger charge is 2.29. The van der Waals surface area contributed by atoms with Crippen molar-refractivity contribution in [2.24, 2.45) is 5.92 Å². The third kappa shape index (κ3) is 6.59. The van der Waals surface area contributed by atoms with Crippen LogP contribution in [0.1, 0.15) is 63.4 Å². The Kier molecular flexibility index (Phi) is 8.51. The van der Waals surface area contributed by atoms with Crippen LogP contribution in [0.5, 0.6) is 11.5 Å². The lowest BCUT2D eigenvalue weighted by atomic mass is 9.95. The highest BCUT2D eigenvalue weighted by atomic mass is 16.5. The van der Waals surface area contributed by atoms with Crippen molar-refractivity contribution in [3.63, 3.8) is 0 Å². The van der Waals surface area contributed by atoms with Crippen LogP contribution in [0.25, 0.3) is 0 Å². The fraction of sp³-hybridized carbons (Fsp3) is 0.769. The number of rotatable bonds is 9. The van der Waals surface area contributed by atoms with E-state index in [1.54, 1.807) is 13.2 Å². The summed E-state index contributed by atoms with van der Waals surface area (Å²) in [6.45, 7) is 9.21. The van der Waals surface area contributed by atoms with Gasteiger partial charge in [-0.1, -0.05) is 19.3 Å². The molecule has 3 fully saturated rings. The molecule has 1 aromatic rings. The molecule has 31 heavy (non-hydrogen) atoms. The number of hydrogen-bond acceptors (Lipinski definition) is 5. The van der Waals surface area contributed by atoms with Crippen LogP contribution >= 0.6 is 0 Å². The van der Waals surface area contributed by atoms with Crippen molar-refractivity contribution in [3.05, 3.63) is 23.8 Å². The minimum Gasteiger partial charge on any atom is -0.508 e. The van der Waals surface area contributed by atoms with Crippen LogP contribution in [0.15, 0.2) is 18.2 Å². The molecule has 4 rings (SSSR count). The van der Waals surface area contributed by atoms with Gasteiger partial charge in [-0.25, -0.2) is 0 Å². The Morgan fingerprint density at radius 2 is 1.81 bits per heavy atom. The summed E-state index contributed by atoms with van der Waals surface area (Å²) in [6.07, 6.45) is 12.4. The SMILES string of the molecule is COc1ccc(O)c(CN(CCN2CCCCC2)C[C@@H]2CCCN(C3CCCC3)C2)c1. The summed E-state index contributed by atoms with van der Waals surface area (Å²) in [5, 5.41) is 10.5. The molecular weight excluding hydrogens is 386 g/mol. The molecule has 1 saturated carbocycles. The van der Waals surface area contributed by atoms with Gasteiger partial charge < -0.3 is 19.6 Å². The summed E-state index contributed by atoms with van der Waals surface area (Å²) >= 11 is 0. The molecule has 3 aliphatic rings. The van der Waals surface area contributed by atoms with Gasteiger partial charge in [-0.15, -0.1) is 0 Å². The van der Waals surface area contributed by atoms with Gasteiger partial charge in [0.1, 0.15) is 11.5 Å². The number of phenolic OH excluding ortho intramolecular Hbond substituents is 1. The van der Waals surface area contributed by atoms with Crippen molar-refractivity contribution in [3.8, 4) is 11.5 Å². The van der Waals surface area contributed by atoms with E-state index in [1.165, 1.54) is 84.0 Å². The number of phenols is 1. The third-order valence-corrected chi connectivity index (χ3v) is 7.77. The van der Waals surface area contributed by atoms with Crippen molar-refractivity contribution in [1.82, 2.24) is 14.7 Å². The van der Waals surface area contributed by atoms with Crippen molar-refractivity contribution < 1.29 is 9.84 Å². The van der Waals surface area contributed by atoms with Gasteiger partial charge in [0.25, 0.3) is 0 Å². The molecule has 174 valence electrons. The molecular formula is C26H43N3O2. The predicted molar refractivity (Wildman–Crippen MR) is 127 cm³/mol. The molecule has 1 atom stereocenters. The fourth-order valence-corrected chi connectivity index (χ4v) is 5.97. The van der Waals surface area contributed by atoms with E-state index < -0.39 is 0 Å². The first-order valence-electron chi connectivity index (χ1n) is 12.8. The van der Waals surface area contributed by atoms with Gasteiger partial charge in [0, 0.05) is 44.3 Å². The molecule has 0 bridgehead atoms. The number of ether oxygens (including phenoxy) is 1. The van der Waals surface area contributed by atoms with Crippen LogP contribution in [0.2, 0.25) is 0 Å². The molecule has 0 unspecified atom stereocenters. The van der Waals surface area contributed by atoms with E-state index in [0.29, 0.717) is 5.75 Å². The minimum absolute atomic E-state index is 0.389. The maximum atomic E-state index is 10.5. The maximum absolute atomic E-state index is 10.5. The molecule has 1 aliphatic carbocycles. The first-order valence-corrected chi connectivity index (χ1v) is 12.8. The van der Waals surface area contributed by atoms with Gasteiger partial charge in [-0.2, -0.15) is 0 Å². The van der Waals surface area contributed by atoms with Gasteiger partial charge in [0.2, 0.25) is 0 Å². The van der Waals surface area contributed by atoms with Gasteiger partial charge in [0.15, 0.2) is 0 Å². The van der Waals surface area contributed by atoms with Crippen LogP contribution in [-0.2, 0) is 6.54 Å². The third-order valence-electron chi connectivity index (χ3n) is 7.77. The minimum atomic E-state index is 0.389. The van der Waals surface area contributed by atoms with Crippen LogP contribution in [0.3, 0.4) is 0 Å².